The summed E-state index contributed by atoms with van der Waals surface area (Å²) in [7, 11) is 0. The molecule has 0 aliphatic carbocycles. The molecule has 7 nitrogen and oxygen atoms in total. The van der Waals surface area contributed by atoms with Crippen molar-refractivity contribution in [2.45, 2.75) is 26.8 Å². The lowest BCUT2D eigenvalue weighted by Crippen LogP contribution is -2.36. The zero-order chi connectivity index (χ0) is 16.7. The van der Waals surface area contributed by atoms with Gasteiger partial charge in [-0.3, -0.25) is 15.0 Å². The maximum Gasteiger partial charge on any atom is 0.355 e. The van der Waals surface area contributed by atoms with Gasteiger partial charge in [0.15, 0.2) is 5.71 Å². The molecule has 2 aliphatic rings. The van der Waals surface area contributed by atoms with Crippen LogP contribution in [0.3, 0.4) is 0 Å². The third-order valence-electron chi connectivity index (χ3n) is 3.87. The van der Waals surface area contributed by atoms with Crippen LogP contribution in [0.1, 0.15) is 18.1 Å². The fraction of sp³-hybridized carbons (Fsp3) is 0.375. The van der Waals surface area contributed by atoms with Gasteiger partial charge in [0.25, 0.3) is 5.91 Å². The lowest BCUT2D eigenvalue weighted by Gasteiger charge is -2.17. The SMILES string of the molecule is CCOC(=O)C1=NNC2C(=O)N(c3cc(C)cc(C)c3)C(=O)C12. The molecule has 1 aromatic carbocycles. The fourth-order valence-corrected chi connectivity index (χ4v) is 3.00. The van der Waals surface area contributed by atoms with Crippen molar-refractivity contribution in [3.8, 4) is 0 Å². The molecule has 2 amide bonds. The molecule has 1 saturated heterocycles. The maximum atomic E-state index is 12.7. The van der Waals surface area contributed by atoms with Crippen LogP contribution in [0, 0.1) is 19.8 Å². The highest BCUT2D eigenvalue weighted by Gasteiger charge is 2.55. The fourth-order valence-electron chi connectivity index (χ4n) is 3.00. The number of carbonyl (C=O) groups is 3. The number of carbonyl (C=O) groups excluding carboxylic acids is 3. The summed E-state index contributed by atoms with van der Waals surface area (Å²) in [6.07, 6.45) is 0. The van der Waals surface area contributed by atoms with Crippen LogP contribution in [-0.2, 0) is 19.1 Å². The number of hydrogen-bond acceptors (Lipinski definition) is 6. The quantitative estimate of drug-likeness (QED) is 0.655. The Balaban J connectivity index is 1.95. The third kappa shape index (κ3) is 2.38. The number of imide groups is 1. The van der Waals surface area contributed by atoms with Crippen molar-refractivity contribution in [1.29, 1.82) is 0 Å². The first kappa shape index (κ1) is 15.2. The van der Waals surface area contributed by atoms with Gasteiger partial charge in [0.1, 0.15) is 12.0 Å². The molecule has 3 rings (SSSR count). The number of nitrogens with zero attached hydrogens (tertiary/aromatic N) is 2. The van der Waals surface area contributed by atoms with Gasteiger partial charge < -0.3 is 4.74 Å². The summed E-state index contributed by atoms with van der Waals surface area (Å²) in [6.45, 7) is 5.64. The van der Waals surface area contributed by atoms with Crippen LogP contribution < -0.4 is 10.3 Å². The average molecular weight is 315 g/mol. The van der Waals surface area contributed by atoms with Gasteiger partial charge in [-0.2, -0.15) is 5.10 Å². The van der Waals surface area contributed by atoms with Gasteiger partial charge in [-0.15, -0.1) is 0 Å². The molecule has 1 fully saturated rings. The summed E-state index contributed by atoms with van der Waals surface area (Å²) in [4.78, 5) is 38.3. The first-order valence-electron chi connectivity index (χ1n) is 7.40. The van der Waals surface area contributed by atoms with Crippen LogP contribution in [0.25, 0.3) is 0 Å². The minimum absolute atomic E-state index is 0.0397. The number of hydrogen-bond donors (Lipinski definition) is 1. The van der Waals surface area contributed by atoms with Crippen molar-refractivity contribution in [1.82, 2.24) is 5.43 Å². The number of ether oxygens (including phenoxy) is 1. The van der Waals surface area contributed by atoms with Gasteiger partial charge in [0, 0.05) is 0 Å². The number of anilines is 1. The number of hydrazone groups is 1. The second-order valence-electron chi connectivity index (χ2n) is 5.66. The second kappa shape index (κ2) is 5.49. The van der Waals surface area contributed by atoms with E-state index in [9.17, 15) is 14.4 Å². The van der Waals surface area contributed by atoms with Crippen LogP contribution in [0.5, 0.6) is 0 Å². The molecule has 0 spiro atoms. The van der Waals surface area contributed by atoms with Crippen molar-refractivity contribution < 1.29 is 19.1 Å². The Labute approximate surface area is 133 Å². The van der Waals surface area contributed by atoms with E-state index in [0.717, 1.165) is 16.0 Å². The van der Waals surface area contributed by atoms with Gasteiger partial charge in [-0.05, 0) is 44.0 Å². The Bertz CT molecular complexity index is 721. The predicted octanol–water partition coefficient (Wildman–Crippen LogP) is 0.684. The number of amides is 2. The first-order chi connectivity index (χ1) is 10.9. The molecule has 2 aliphatic heterocycles. The molecule has 23 heavy (non-hydrogen) atoms. The van der Waals surface area contributed by atoms with Crippen molar-refractivity contribution in [3.05, 3.63) is 29.3 Å². The highest BCUT2D eigenvalue weighted by molar-refractivity contribution is 6.46. The molecule has 120 valence electrons. The molecule has 0 bridgehead atoms. The summed E-state index contributed by atoms with van der Waals surface area (Å²) in [5.74, 6) is -2.46. The number of aryl methyl sites for hydroxylation is 2. The molecule has 2 atom stereocenters. The van der Waals surface area contributed by atoms with E-state index in [-0.39, 0.29) is 12.3 Å². The summed E-state index contributed by atoms with van der Waals surface area (Å²) in [5.41, 5.74) is 4.96. The highest BCUT2D eigenvalue weighted by Crippen LogP contribution is 2.31. The Morgan fingerprint density at radius 2 is 1.87 bits per heavy atom. The molecule has 0 aromatic heterocycles. The van der Waals surface area contributed by atoms with Crippen LogP contribution >= 0.6 is 0 Å². The first-order valence-corrected chi connectivity index (χ1v) is 7.40. The molecule has 2 heterocycles. The Kier molecular flexibility index (Phi) is 3.63. The summed E-state index contributed by atoms with van der Waals surface area (Å²) >= 11 is 0. The normalized spacial score (nSPS) is 22.7. The minimum atomic E-state index is -0.928. The summed E-state index contributed by atoms with van der Waals surface area (Å²) in [5, 5.41) is 3.83. The van der Waals surface area contributed by atoms with Gasteiger partial charge in [-0.25, -0.2) is 9.69 Å². The summed E-state index contributed by atoms with van der Waals surface area (Å²) in [6, 6.07) is 4.65. The maximum absolute atomic E-state index is 12.7. The average Bonchev–Trinajstić information content (AvgIpc) is 2.99. The van der Waals surface area contributed by atoms with E-state index in [2.05, 4.69) is 10.5 Å². The van der Waals surface area contributed by atoms with E-state index >= 15 is 0 Å². The molecule has 2 unspecified atom stereocenters. The summed E-state index contributed by atoms with van der Waals surface area (Å²) < 4.78 is 4.90. The van der Waals surface area contributed by atoms with E-state index < -0.39 is 29.7 Å². The number of nitrogens with one attached hydrogen (secondary N) is 1. The van der Waals surface area contributed by atoms with Crippen molar-refractivity contribution in [2.75, 3.05) is 11.5 Å². The molecular weight excluding hydrogens is 298 g/mol. The molecule has 1 aromatic rings. The lowest BCUT2D eigenvalue weighted by atomic mass is 9.99. The molecule has 1 N–H and O–H groups in total. The zero-order valence-electron chi connectivity index (χ0n) is 13.1. The van der Waals surface area contributed by atoms with Crippen LogP contribution in [0.4, 0.5) is 5.69 Å². The van der Waals surface area contributed by atoms with E-state index in [1.807, 2.05) is 19.9 Å². The monoisotopic (exact) mass is 315 g/mol. The molecule has 7 heteroatoms. The number of esters is 1. The van der Waals surface area contributed by atoms with E-state index in [1.54, 1.807) is 19.1 Å². The van der Waals surface area contributed by atoms with Gasteiger partial charge in [0.05, 0.1) is 12.3 Å². The Morgan fingerprint density at radius 1 is 1.22 bits per heavy atom. The minimum Gasteiger partial charge on any atom is -0.461 e. The number of fused-ring (bicyclic) bond motifs is 1. The number of rotatable bonds is 3. The largest absolute Gasteiger partial charge is 0.461 e. The smallest absolute Gasteiger partial charge is 0.355 e. The highest BCUT2D eigenvalue weighted by atomic mass is 16.5. The van der Waals surface area contributed by atoms with Crippen LogP contribution in [-0.4, -0.2) is 36.1 Å². The van der Waals surface area contributed by atoms with Crippen LogP contribution in [0.15, 0.2) is 23.3 Å². The van der Waals surface area contributed by atoms with E-state index in [0.29, 0.717) is 5.69 Å². The Morgan fingerprint density at radius 3 is 2.48 bits per heavy atom. The topological polar surface area (TPSA) is 88.1 Å². The van der Waals surface area contributed by atoms with Crippen molar-refractivity contribution >= 4 is 29.2 Å². The lowest BCUT2D eigenvalue weighted by molar-refractivity contribution is -0.136. The standard InChI is InChI=1S/C16H17N3O4/c1-4-23-16(22)13-11-12(17-18-13)15(21)19(14(11)20)10-6-8(2)5-9(3)7-10/h5-7,11-12,17H,4H2,1-3H3. The van der Waals surface area contributed by atoms with Crippen molar-refractivity contribution in [3.63, 3.8) is 0 Å². The zero-order valence-corrected chi connectivity index (χ0v) is 13.1. The third-order valence-corrected chi connectivity index (χ3v) is 3.87. The van der Waals surface area contributed by atoms with Gasteiger partial charge in [0.2, 0.25) is 5.91 Å². The Hall–Kier alpha value is -2.70. The van der Waals surface area contributed by atoms with Gasteiger partial charge >= 0.3 is 5.97 Å². The van der Waals surface area contributed by atoms with Crippen molar-refractivity contribution in [2.24, 2.45) is 11.0 Å². The van der Waals surface area contributed by atoms with E-state index in [1.165, 1.54) is 0 Å². The molecule has 0 radical (unpaired) electrons. The van der Waals surface area contributed by atoms with Crippen LogP contribution in [0.2, 0.25) is 0 Å². The van der Waals surface area contributed by atoms with Gasteiger partial charge in [-0.1, -0.05) is 6.07 Å². The van der Waals surface area contributed by atoms with E-state index in [4.69, 9.17) is 4.74 Å². The molecular formula is C16H17N3O4. The number of benzene rings is 1. The molecule has 0 saturated carbocycles. The second-order valence-corrected chi connectivity index (χ2v) is 5.66. The predicted molar refractivity (Wildman–Crippen MR) is 82.9 cm³/mol.